The van der Waals surface area contributed by atoms with Gasteiger partial charge < -0.3 is 5.11 Å². The van der Waals surface area contributed by atoms with Crippen molar-refractivity contribution in [3.63, 3.8) is 0 Å². The molecule has 3 aromatic rings. The quantitative estimate of drug-likeness (QED) is 0.503. The average molecular weight is 392 g/mol. The number of nitrogens with zero attached hydrogens (tertiary/aromatic N) is 2. The van der Waals surface area contributed by atoms with Gasteiger partial charge in [0.15, 0.2) is 4.77 Å². The van der Waals surface area contributed by atoms with E-state index < -0.39 is 5.56 Å². The van der Waals surface area contributed by atoms with Crippen molar-refractivity contribution in [2.24, 2.45) is 4.99 Å². The molecule has 0 amide bonds. The standard InChI is InChI=1S/C17H11Cl2N3O2S/c18-10-4-3-5-11(8-10)20-9-12-15(23)21-17(25)22(16(12)24)14-7-2-1-6-13(14)19/h1-9,24H,(H,21,23,25). The Bertz CT molecular complexity index is 1090. The van der Waals surface area contributed by atoms with E-state index in [0.717, 1.165) is 0 Å². The van der Waals surface area contributed by atoms with Crippen LogP contribution in [0.4, 0.5) is 5.69 Å². The normalized spacial score (nSPS) is 11.1. The minimum absolute atomic E-state index is 0.0236. The second kappa shape index (κ2) is 7.23. The molecule has 3 rings (SSSR count). The van der Waals surface area contributed by atoms with Gasteiger partial charge in [0, 0.05) is 11.2 Å². The van der Waals surface area contributed by atoms with Gasteiger partial charge >= 0.3 is 0 Å². The first-order chi connectivity index (χ1) is 12.0. The fourth-order valence-corrected chi connectivity index (χ4v) is 2.89. The maximum atomic E-state index is 12.2. The SMILES string of the molecule is O=c1[nH]c(=S)n(-c2ccccc2Cl)c(O)c1C=Nc1cccc(Cl)c1. The van der Waals surface area contributed by atoms with Crippen LogP contribution in [0, 0.1) is 4.77 Å². The first kappa shape index (κ1) is 17.4. The largest absolute Gasteiger partial charge is 0.494 e. The molecule has 0 spiro atoms. The molecule has 8 heteroatoms. The van der Waals surface area contributed by atoms with Crippen molar-refractivity contribution >= 4 is 47.3 Å². The molecule has 126 valence electrons. The lowest BCUT2D eigenvalue weighted by Crippen LogP contribution is -2.18. The summed E-state index contributed by atoms with van der Waals surface area (Å²) >= 11 is 17.2. The maximum Gasteiger partial charge on any atom is 0.264 e. The van der Waals surface area contributed by atoms with Gasteiger partial charge in [0.05, 0.1) is 16.4 Å². The van der Waals surface area contributed by atoms with Gasteiger partial charge in [0.1, 0.15) is 5.56 Å². The molecule has 0 bridgehead atoms. The van der Waals surface area contributed by atoms with E-state index in [4.69, 9.17) is 35.4 Å². The second-order valence-electron chi connectivity index (χ2n) is 5.02. The Morgan fingerprint density at radius 2 is 1.92 bits per heavy atom. The minimum atomic E-state index is -0.559. The third-order valence-corrected chi connectivity index (χ3v) is 4.20. The van der Waals surface area contributed by atoms with Crippen LogP contribution in [0.3, 0.4) is 0 Å². The molecule has 2 aromatic carbocycles. The van der Waals surface area contributed by atoms with Crippen LogP contribution in [-0.4, -0.2) is 20.9 Å². The fourth-order valence-electron chi connectivity index (χ4n) is 2.21. The van der Waals surface area contributed by atoms with Crippen LogP contribution in [0.2, 0.25) is 10.0 Å². The summed E-state index contributed by atoms with van der Waals surface area (Å²) in [5.74, 6) is -0.354. The van der Waals surface area contributed by atoms with Crippen LogP contribution < -0.4 is 5.56 Å². The molecule has 2 N–H and O–H groups in total. The summed E-state index contributed by atoms with van der Waals surface area (Å²) in [5.41, 5.74) is 0.378. The van der Waals surface area contributed by atoms with E-state index in [1.54, 1.807) is 48.5 Å². The van der Waals surface area contributed by atoms with E-state index in [1.165, 1.54) is 10.8 Å². The molecule has 25 heavy (non-hydrogen) atoms. The summed E-state index contributed by atoms with van der Waals surface area (Å²) in [6.45, 7) is 0. The number of rotatable bonds is 3. The van der Waals surface area contributed by atoms with E-state index in [-0.39, 0.29) is 16.2 Å². The van der Waals surface area contributed by atoms with Crippen molar-refractivity contribution in [3.8, 4) is 11.6 Å². The van der Waals surface area contributed by atoms with Crippen LogP contribution in [-0.2, 0) is 0 Å². The van der Waals surface area contributed by atoms with Crippen LogP contribution >= 0.6 is 35.4 Å². The van der Waals surface area contributed by atoms with Crippen molar-refractivity contribution in [2.75, 3.05) is 0 Å². The van der Waals surface area contributed by atoms with Crippen molar-refractivity contribution in [1.29, 1.82) is 0 Å². The highest BCUT2D eigenvalue weighted by atomic mass is 35.5. The summed E-state index contributed by atoms with van der Waals surface area (Å²) in [6.07, 6.45) is 1.25. The summed E-state index contributed by atoms with van der Waals surface area (Å²) in [6, 6.07) is 13.6. The van der Waals surface area contributed by atoms with Gasteiger partial charge in [-0.1, -0.05) is 41.4 Å². The predicted molar refractivity (Wildman–Crippen MR) is 103 cm³/mol. The topological polar surface area (TPSA) is 70.4 Å². The van der Waals surface area contributed by atoms with E-state index >= 15 is 0 Å². The number of H-pyrrole nitrogens is 1. The second-order valence-corrected chi connectivity index (χ2v) is 6.25. The van der Waals surface area contributed by atoms with Crippen LogP contribution in [0.25, 0.3) is 5.69 Å². The Kier molecular flexibility index (Phi) is 5.03. The van der Waals surface area contributed by atoms with Crippen molar-refractivity contribution in [3.05, 3.63) is 79.3 Å². The van der Waals surface area contributed by atoms with Gasteiger partial charge in [-0.05, 0) is 42.5 Å². The lowest BCUT2D eigenvalue weighted by molar-refractivity contribution is 0.432. The number of aromatic nitrogens is 2. The van der Waals surface area contributed by atoms with Crippen molar-refractivity contribution in [2.45, 2.75) is 0 Å². The zero-order valence-corrected chi connectivity index (χ0v) is 14.9. The van der Waals surface area contributed by atoms with E-state index in [9.17, 15) is 9.90 Å². The summed E-state index contributed by atoms with van der Waals surface area (Å²) < 4.78 is 1.30. The molecule has 0 unspecified atom stereocenters. The minimum Gasteiger partial charge on any atom is -0.494 e. The van der Waals surface area contributed by atoms with E-state index in [1.807, 2.05) is 0 Å². The molecule has 1 heterocycles. The fraction of sp³-hybridized carbons (Fsp3) is 0. The first-order valence-corrected chi connectivity index (χ1v) is 8.26. The molecule has 0 aliphatic carbocycles. The molecule has 0 radical (unpaired) electrons. The number of hydrogen-bond acceptors (Lipinski definition) is 4. The number of halogens is 2. The number of benzene rings is 2. The van der Waals surface area contributed by atoms with Gasteiger partial charge in [-0.3, -0.25) is 19.3 Å². The monoisotopic (exact) mass is 391 g/mol. The van der Waals surface area contributed by atoms with Crippen LogP contribution in [0.5, 0.6) is 5.88 Å². The molecular formula is C17H11Cl2N3O2S. The zero-order valence-electron chi connectivity index (χ0n) is 12.6. The summed E-state index contributed by atoms with van der Waals surface area (Å²) in [7, 11) is 0. The molecule has 0 fully saturated rings. The maximum absolute atomic E-state index is 12.2. The Labute approximate surface area is 157 Å². The molecule has 0 aliphatic heterocycles. The summed E-state index contributed by atoms with van der Waals surface area (Å²) in [5, 5.41) is 11.4. The lowest BCUT2D eigenvalue weighted by atomic mass is 10.3. The Morgan fingerprint density at radius 1 is 1.16 bits per heavy atom. The Hall–Kier alpha value is -2.41. The number of aromatic amines is 1. The van der Waals surface area contributed by atoms with Crippen LogP contribution in [0.15, 0.2) is 58.3 Å². The number of aliphatic imine (C=N–C) groups is 1. The van der Waals surface area contributed by atoms with Gasteiger partial charge in [-0.2, -0.15) is 0 Å². The lowest BCUT2D eigenvalue weighted by Gasteiger charge is -2.12. The first-order valence-electron chi connectivity index (χ1n) is 7.10. The highest BCUT2D eigenvalue weighted by Gasteiger charge is 2.14. The zero-order chi connectivity index (χ0) is 18.0. The van der Waals surface area contributed by atoms with E-state index in [0.29, 0.717) is 21.4 Å². The molecule has 0 saturated carbocycles. The van der Waals surface area contributed by atoms with Crippen molar-refractivity contribution in [1.82, 2.24) is 9.55 Å². The number of aromatic hydroxyl groups is 1. The third kappa shape index (κ3) is 3.66. The molecular weight excluding hydrogens is 381 g/mol. The predicted octanol–water partition coefficient (Wildman–Crippen LogP) is 4.66. The number of nitrogens with one attached hydrogen (secondary N) is 1. The molecule has 1 aromatic heterocycles. The van der Waals surface area contributed by atoms with Gasteiger partial charge in [0.25, 0.3) is 5.56 Å². The highest BCUT2D eigenvalue weighted by molar-refractivity contribution is 7.71. The molecule has 0 saturated heterocycles. The Morgan fingerprint density at radius 3 is 2.64 bits per heavy atom. The van der Waals surface area contributed by atoms with Gasteiger partial charge in [-0.15, -0.1) is 0 Å². The molecule has 0 atom stereocenters. The van der Waals surface area contributed by atoms with Gasteiger partial charge in [-0.25, -0.2) is 0 Å². The van der Waals surface area contributed by atoms with Gasteiger partial charge in [0.2, 0.25) is 5.88 Å². The van der Waals surface area contributed by atoms with Crippen LogP contribution in [0.1, 0.15) is 5.56 Å². The molecule has 0 aliphatic rings. The molecule has 5 nitrogen and oxygen atoms in total. The third-order valence-electron chi connectivity index (χ3n) is 3.37. The highest BCUT2D eigenvalue weighted by Crippen LogP contribution is 2.25. The van der Waals surface area contributed by atoms with E-state index in [2.05, 4.69) is 9.98 Å². The number of para-hydroxylation sites is 1. The number of hydrogen-bond donors (Lipinski definition) is 2. The average Bonchev–Trinajstić information content (AvgIpc) is 2.56. The van der Waals surface area contributed by atoms with Crippen molar-refractivity contribution < 1.29 is 5.11 Å². The Balaban J connectivity index is 2.16. The smallest absolute Gasteiger partial charge is 0.264 e. The summed E-state index contributed by atoms with van der Waals surface area (Å²) in [4.78, 5) is 18.9.